The highest BCUT2D eigenvalue weighted by Gasteiger charge is 2.11. The molecule has 3 rings (SSSR count). The highest BCUT2D eigenvalue weighted by atomic mass is 79.9. The van der Waals surface area contributed by atoms with E-state index in [0.717, 1.165) is 21.3 Å². The first kappa shape index (κ1) is 16.7. The van der Waals surface area contributed by atoms with Gasteiger partial charge < -0.3 is 9.73 Å². The number of nitrogens with zero attached hydrogens (tertiary/aromatic N) is 2. The Morgan fingerprint density at radius 2 is 2.04 bits per heavy atom. The van der Waals surface area contributed by atoms with E-state index < -0.39 is 0 Å². The average molecular weight is 404 g/mol. The van der Waals surface area contributed by atoms with Crippen molar-refractivity contribution < 1.29 is 9.21 Å². The molecule has 0 bridgehead atoms. The molecule has 1 aromatic heterocycles. The van der Waals surface area contributed by atoms with Crippen LogP contribution < -0.4 is 5.32 Å². The minimum Gasteiger partial charge on any atom is -0.411 e. The summed E-state index contributed by atoms with van der Waals surface area (Å²) in [6, 6.07) is 15.3. The van der Waals surface area contributed by atoms with E-state index in [9.17, 15) is 4.79 Å². The number of benzene rings is 2. The summed E-state index contributed by atoms with van der Waals surface area (Å²) in [4.78, 5) is 12.0. The Morgan fingerprint density at radius 1 is 1.21 bits per heavy atom. The van der Waals surface area contributed by atoms with Gasteiger partial charge >= 0.3 is 0 Å². The molecule has 24 heavy (non-hydrogen) atoms. The topological polar surface area (TPSA) is 68.0 Å². The number of hydrogen-bond donors (Lipinski definition) is 1. The molecule has 0 aliphatic heterocycles. The Balaban J connectivity index is 1.58. The normalized spacial score (nSPS) is 10.6. The predicted octanol–water partition coefficient (Wildman–Crippen LogP) is 4.54. The minimum absolute atomic E-state index is 0.118. The number of aromatic nitrogens is 2. The fraction of sp³-hybridized carbons (Fsp3) is 0.118. The summed E-state index contributed by atoms with van der Waals surface area (Å²) in [7, 11) is 0. The Hall–Kier alpha value is -2.12. The van der Waals surface area contributed by atoms with Crippen LogP contribution in [-0.2, 0) is 4.79 Å². The molecule has 0 atom stereocenters. The van der Waals surface area contributed by atoms with Gasteiger partial charge in [0.15, 0.2) is 0 Å². The molecule has 0 fully saturated rings. The van der Waals surface area contributed by atoms with Crippen molar-refractivity contribution in [2.24, 2.45) is 0 Å². The number of hydrogen-bond acceptors (Lipinski definition) is 5. The maximum atomic E-state index is 12.0. The van der Waals surface area contributed by atoms with Crippen molar-refractivity contribution in [2.45, 2.75) is 12.1 Å². The van der Waals surface area contributed by atoms with Crippen LogP contribution in [0.3, 0.4) is 0 Å². The van der Waals surface area contributed by atoms with Gasteiger partial charge in [-0.1, -0.05) is 45.9 Å². The lowest BCUT2D eigenvalue weighted by Crippen LogP contribution is -2.13. The molecule has 0 unspecified atom stereocenters. The van der Waals surface area contributed by atoms with Crippen LogP contribution in [0.25, 0.3) is 11.5 Å². The first-order valence-corrected chi connectivity index (χ1v) is 8.97. The molecule has 0 aliphatic carbocycles. The molecule has 0 radical (unpaired) electrons. The molecular formula is C17H14BrN3O2S. The van der Waals surface area contributed by atoms with Crippen LogP contribution in [0, 0.1) is 6.92 Å². The van der Waals surface area contributed by atoms with Crippen molar-refractivity contribution in [2.75, 3.05) is 11.1 Å². The predicted molar refractivity (Wildman–Crippen MR) is 98.0 cm³/mol. The largest absolute Gasteiger partial charge is 0.411 e. The Morgan fingerprint density at radius 3 is 2.83 bits per heavy atom. The lowest BCUT2D eigenvalue weighted by atomic mass is 10.2. The zero-order valence-corrected chi connectivity index (χ0v) is 15.2. The highest BCUT2D eigenvalue weighted by molar-refractivity contribution is 9.10. The number of carbonyl (C=O) groups excluding carboxylic acids is 1. The van der Waals surface area contributed by atoms with Gasteiger partial charge in [0.2, 0.25) is 11.8 Å². The number of nitrogens with one attached hydrogen (secondary N) is 1. The zero-order chi connectivity index (χ0) is 16.9. The Bertz CT molecular complexity index is 866. The zero-order valence-electron chi connectivity index (χ0n) is 12.8. The number of anilines is 1. The maximum Gasteiger partial charge on any atom is 0.277 e. The van der Waals surface area contributed by atoms with Crippen molar-refractivity contribution in [1.29, 1.82) is 0 Å². The summed E-state index contributed by atoms with van der Waals surface area (Å²) in [6.45, 7) is 1.98. The lowest BCUT2D eigenvalue weighted by Gasteiger charge is -2.04. The minimum atomic E-state index is -0.118. The van der Waals surface area contributed by atoms with Gasteiger partial charge in [-0.25, -0.2) is 0 Å². The average Bonchev–Trinajstić information content (AvgIpc) is 3.02. The maximum absolute atomic E-state index is 12.0. The van der Waals surface area contributed by atoms with Crippen molar-refractivity contribution in [1.82, 2.24) is 10.2 Å². The number of thioether (sulfide) groups is 1. The van der Waals surface area contributed by atoms with Crippen LogP contribution >= 0.6 is 27.7 Å². The molecule has 5 nitrogen and oxygen atoms in total. The molecule has 7 heteroatoms. The van der Waals surface area contributed by atoms with Gasteiger partial charge in [-0.15, -0.1) is 10.2 Å². The third-order valence-corrected chi connectivity index (χ3v) is 4.42. The molecule has 1 N–H and O–H groups in total. The van der Waals surface area contributed by atoms with E-state index in [1.807, 2.05) is 55.5 Å². The van der Waals surface area contributed by atoms with Crippen molar-refractivity contribution in [3.63, 3.8) is 0 Å². The second-order valence-electron chi connectivity index (χ2n) is 5.09. The molecule has 0 saturated carbocycles. The van der Waals surface area contributed by atoms with E-state index in [1.165, 1.54) is 11.8 Å². The van der Waals surface area contributed by atoms with Crippen molar-refractivity contribution in [3.8, 4) is 11.5 Å². The number of aryl methyl sites for hydroxylation is 1. The smallest absolute Gasteiger partial charge is 0.277 e. The first-order valence-electron chi connectivity index (χ1n) is 7.19. The molecule has 122 valence electrons. The number of halogens is 1. The fourth-order valence-corrected chi connectivity index (χ4v) is 3.02. The Kier molecular flexibility index (Phi) is 5.32. The molecule has 2 aromatic carbocycles. The van der Waals surface area contributed by atoms with E-state index in [-0.39, 0.29) is 11.7 Å². The third-order valence-electron chi connectivity index (χ3n) is 3.11. The van der Waals surface area contributed by atoms with Gasteiger partial charge in [0.1, 0.15) is 0 Å². The fourth-order valence-electron chi connectivity index (χ4n) is 2.05. The van der Waals surface area contributed by atoms with E-state index >= 15 is 0 Å². The van der Waals surface area contributed by atoms with Crippen molar-refractivity contribution >= 4 is 39.3 Å². The standard InChI is InChI=1S/C17H14BrN3O2S/c1-11-4-2-7-14(8-11)19-15(22)10-24-17-21-20-16(23-17)12-5-3-6-13(18)9-12/h2-9H,10H2,1H3,(H,19,22). The van der Waals surface area contributed by atoms with Gasteiger partial charge in [-0.2, -0.15) is 0 Å². The summed E-state index contributed by atoms with van der Waals surface area (Å²) < 4.78 is 6.52. The van der Waals surface area contributed by atoms with Gasteiger partial charge in [0.05, 0.1) is 5.75 Å². The third kappa shape index (κ3) is 4.46. The summed E-state index contributed by atoms with van der Waals surface area (Å²) in [5.74, 6) is 0.513. The molecule has 0 spiro atoms. The SMILES string of the molecule is Cc1cccc(NC(=O)CSc2nnc(-c3cccc(Br)c3)o2)c1. The highest BCUT2D eigenvalue weighted by Crippen LogP contribution is 2.25. The van der Waals surface area contributed by atoms with E-state index in [0.29, 0.717) is 11.1 Å². The number of amides is 1. The number of carbonyl (C=O) groups is 1. The molecule has 1 amide bonds. The van der Waals surface area contributed by atoms with E-state index in [1.54, 1.807) is 0 Å². The van der Waals surface area contributed by atoms with Crippen LogP contribution in [0.2, 0.25) is 0 Å². The van der Waals surface area contributed by atoms with Crippen LogP contribution in [-0.4, -0.2) is 21.9 Å². The molecule has 0 saturated heterocycles. The molecule has 1 heterocycles. The molecular weight excluding hydrogens is 390 g/mol. The van der Waals surface area contributed by atoms with E-state index in [4.69, 9.17) is 4.42 Å². The van der Waals surface area contributed by atoms with Crippen LogP contribution in [0.4, 0.5) is 5.69 Å². The van der Waals surface area contributed by atoms with Gasteiger partial charge in [0, 0.05) is 15.7 Å². The summed E-state index contributed by atoms with van der Waals surface area (Å²) in [6.07, 6.45) is 0. The monoisotopic (exact) mass is 403 g/mol. The van der Waals surface area contributed by atoms with Gasteiger partial charge in [-0.3, -0.25) is 4.79 Å². The Labute approximate surface area is 152 Å². The molecule has 0 aliphatic rings. The van der Waals surface area contributed by atoms with Crippen LogP contribution in [0.1, 0.15) is 5.56 Å². The quantitative estimate of drug-likeness (QED) is 0.633. The first-order chi connectivity index (χ1) is 11.6. The van der Waals surface area contributed by atoms with Crippen molar-refractivity contribution in [3.05, 3.63) is 58.6 Å². The lowest BCUT2D eigenvalue weighted by molar-refractivity contribution is -0.113. The van der Waals surface area contributed by atoms with Gasteiger partial charge in [-0.05, 0) is 42.8 Å². The van der Waals surface area contributed by atoms with Gasteiger partial charge in [0.25, 0.3) is 5.22 Å². The summed E-state index contributed by atoms with van der Waals surface area (Å²) in [5.41, 5.74) is 2.70. The second-order valence-corrected chi connectivity index (χ2v) is 6.93. The summed E-state index contributed by atoms with van der Waals surface area (Å²) in [5, 5.41) is 11.2. The van der Waals surface area contributed by atoms with Crippen LogP contribution in [0.5, 0.6) is 0 Å². The summed E-state index contributed by atoms with van der Waals surface area (Å²) >= 11 is 4.61. The second kappa shape index (κ2) is 7.63. The van der Waals surface area contributed by atoms with E-state index in [2.05, 4.69) is 31.4 Å². The number of rotatable bonds is 5. The van der Waals surface area contributed by atoms with Crippen LogP contribution in [0.15, 0.2) is 62.6 Å². The molecule has 3 aromatic rings.